The molecule has 0 aromatic carbocycles. The zero-order valence-corrected chi connectivity index (χ0v) is 13.2. The van der Waals surface area contributed by atoms with Crippen LogP contribution >= 0.6 is 11.3 Å². The van der Waals surface area contributed by atoms with E-state index in [2.05, 4.69) is 38.2 Å². The van der Waals surface area contributed by atoms with E-state index in [1.54, 1.807) is 0 Å². The third kappa shape index (κ3) is 4.04. The highest BCUT2D eigenvalue weighted by molar-refractivity contribution is 7.12. The summed E-state index contributed by atoms with van der Waals surface area (Å²) in [5.74, 6) is 0.780. The zero-order chi connectivity index (χ0) is 13.9. The average Bonchev–Trinajstić information content (AvgIpc) is 2.89. The third-order valence-corrected chi connectivity index (χ3v) is 5.81. The molecule has 2 N–H and O–H groups in total. The number of thiophene rings is 1. The Labute approximate surface area is 121 Å². The molecule has 108 valence electrons. The summed E-state index contributed by atoms with van der Waals surface area (Å²) < 4.78 is 0. The number of aryl methyl sites for hydroxylation is 1. The maximum Gasteiger partial charge on any atom is 0.0772 e. The summed E-state index contributed by atoms with van der Waals surface area (Å²) in [6.07, 6.45) is 5.31. The van der Waals surface area contributed by atoms with Crippen LogP contribution < -0.4 is 5.32 Å². The first kappa shape index (κ1) is 15.0. The molecule has 1 heterocycles. The average molecular weight is 281 g/mol. The summed E-state index contributed by atoms with van der Waals surface area (Å²) in [6.45, 7) is 7.40. The highest BCUT2D eigenvalue weighted by atomic mass is 32.1. The normalized spacial score (nSPS) is 29.4. The maximum atomic E-state index is 10.6. The number of hydrogen-bond donors (Lipinski definition) is 2. The molecule has 1 unspecified atom stereocenters. The van der Waals surface area contributed by atoms with Gasteiger partial charge in [0.15, 0.2) is 0 Å². The standard InChI is InChI=1S/C16H27NOS/c1-4-14-5-6-15(19-14)13(3)17-11-16(18)9-7-12(2)8-10-16/h5-6,12-13,17-18H,4,7-11H2,1-3H3. The van der Waals surface area contributed by atoms with Crippen LogP contribution in [0, 0.1) is 5.92 Å². The molecule has 1 aromatic heterocycles. The van der Waals surface area contributed by atoms with Gasteiger partial charge in [-0.05, 0) is 57.1 Å². The van der Waals surface area contributed by atoms with Gasteiger partial charge in [0.25, 0.3) is 0 Å². The van der Waals surface area contributed by atoms with E-state index in [-0.39, 0.29) is 0 Å². The van der Waals surface area contributed by atoms with Crippen molar-refractivity contribution in [2.75, 3.05) is 6.54 Å². The lowest BCUT2D eigenvalue weighted by Gasteiger charge is -2.35. The second-order valence-corrected chi connectivity index (χ2v) is 7.37. The molecule has 2 nitrogen and oxygen atoms in total. The lowest BCUT2D eigenvalue weighted by molar-refractivity contribution is -0.00777. The van der Waals surface area contributed by atoms with Gasteiger partial charge in [-0.2, -0.15) is 0 Å². The maximum absolute atomic E-state index is 10.6. The summed E-state index contributed by atoms with van der Waals surface area (Å²) in [5.41, 5.74) is -0.481. The predicted molar refractivity (Wildman–Crippen MR) is 82.7 cm³/mol. The van der Waals surface area contributed by atoms with E-state index in [1.165, 1.54) is 9.75 Å². The topological polar surface area (TPSA) is 32.3 Å². The quantitative estimate of drug-likeness (QED) is 0.858. The van der Waals surface area contributed by atoms with Gasteiger partial charge in [-0.3, -0.25) is 0 Å². The van der Waals surface area contributed by atoms with Crippen molar-refractivity contribution in [1.82, 2.24) is 5.32 Å². The molecule has 1 aromatic rings. The summed E-state index contributed by atoms with van der Waals surface area (Å²) in [4.78, 5) is 2.82. The second kappa shape index (κ2) is 6.38. The molecule has 1 atom stereocenters. The molecule has 0 radical (unpaired) electrons. The molecule has 2 rings (SSSR count). The Balaban J connectivity index is 1.84. The fraction of sp³-hybridized carbons (Fsp3) is 0.750. The van der Waals surface area contributed by atoms with Crippen LogP contribution in [0.4, 0.5) is 0 Å². The third-order valence-electron chi connectivity index (χ3n) is 4.40. The fourth-order valence-electron chi connectivity index (χ4n) is 2.74. The summed E-state index contributed by atoms with van der Waals surface area (Å²) in [6, 6.07) is 4.78. The molecule has 1 aliphatic rings. The van der Waals surface area contributed by atoms with E-state index in [0.29, 0.717) is 6.04 Å². The highest BCUT2D eigenvalue weighted by Crippen LogP contribution is 2.32. The molecule has 3 heteroatoms. The first-order valence-corrected chi connectivity index (χ1v) is 8.38. The van der Waals surface area contributed by atoms with Crippen molar-refractivity contribution in [1.29, 1.82) is 0 Å². The van der Waals surface area contributed by atoms with Gasteiger partial charge >= 0.3 is 0 Å². The highest BCUT2D eigenvalue weighted by Gasteiger charge is 2.31. The summed E-state index contributed by atoms with van der Waals surface area (Å²) in [7, 11) is 0. The minimum atomic E-state index is -0.481. The lowest BCUT2D eigenvalue weighted by atomic mass is 9.79. The number of rotatable bonds is 5. The molecule has 0 aliphatic heterocycles. The largest absolute Gasteiger partial charge is 0.389 e. The van der Waals surface area contributed by atoms with E-state index in [4.69, 9.17) is 0 Å². The minimum Gasteiger partial charge on any atom is -0.389 e. The summed E-state index contributed by atoms with van der Waals surface area (Å²) in [5, 5.41) is 14.1. The Hall–Kier alpha value is -0.380. The predicted octanol–water partition coefficient (Wildman–Crippen LogP) is 3.90. The van der Waals surface area contributed by atoms with Crippen LogP contribution in [0.5, 0.6) is 0 Å². The molecule has 1 aliphatic carbocycles. The van der Waals surface area contributed by atoms with Crippen LogP contribution in [0.15, 0.2) is 12.1 Å². The molecular weight excluding hydrogens is 254 g/mol. The van der Waals surface area contributed by atoms with Gasteiger partial charge in [0.1, 0.15) is 0 Å². The molecule has 19 heavy (non-hydrogen) atoms. The van der Waals surface area contributed by atoms with Crippen molar-refractivity contribution in [3.63, 3.8) is 0 Å². The molecule has 0 saturated heterocycles. The SMILES string of the molecule is CCc1ccc(C(C)NCC2(O)CCC(C)CC2)s1. The van der Waals surface area contributed by atoms with Gasteiger partial charge in [0, 0.05) is 22.3 Å². The van der Waals surface area contributed by atoms with E-state index in [0.717, 1.165) is 44.6 Å². The molecule has 1 fully saturated rings. The Morgan fingerprint density at radius 3 is 2.68 bits per heavy atom. The lowest BCUT2D eigenvalue weighted by Crippen LogP contribution is -2.43. The van der Waals surface area contributed by atoms with E-state index < -0.39 is 5.60 Å². The van der Waals surface area contributed by atoms with E-state index in [9.17, 15) is 5.11 Å². The Kier molecular flexibility index (Phi) is 5.04. The Morgan fingerprint density at radius 1 is 1.42 bits per heavy atom. The van der Waals surface area contributed by atoms with Crippen molar-refractivity contribution in [3.05, 3.63) is 21.9 Å². The Morgan fingerprint density at radius 2 is 2.11 bits per heavy atom. The van der Waals surface area contributed by atoms with E-state index >= 15 is 0 Å². The van der Waals surface area contributed by atoms with Crippen LogP contribution in [0.3, 0.4) is 0 Å². The van der Waals surface area contributed by atoms with Gasteiger partial charge in [-0.25, -0.2) is 0 Å². The molecule has 0 spiro atoms. The van der Waals surface area contributed by atoms with Gasteiger partial charge in [0.05, 0.1) is 5.60 Å². The first-order chi connectivity index (χ1) is 9.02. The van der Waals surface area contributed by atoms with Crippen LogP contribution in [0.2, 0.25) is 0 Å². The van der Waals surface area contributed by atoms with Crippen molar-refractivity contribution < 1.29 is 5.11 Å². The minimum absolute atomic E-state index is 0.341. The van der Waals surface area contributed by atoms with Gasteiger partial charge in [-0.1, -0.05) is 13.8 Å². The molecule has 0 bridgehead atoms. The van der Waals surface area contributed by atoms with Crippen LogP contribution in [0.1, 0.15) is 62.3 Å². The Bertz CT molecular complexity index is 393. The van der Waals surface area contributed by atoms with Gasteiger partial charge in [0.2, 0.25) is 0 Å². The number of nitrogens with one attached hydrogen (secondary N) is 1. The summed E-state index contributed by atoms with van der Waals surface area (Å²) >= 11 is 1.88. The molecule has 0 amide bonds. The second-order valence-electron chi connectivity index (χ2n) is 6.17. The van der Waals surface area contributed by atoms with Crippen LogP contribution in [-0.4, -0.2) is 17.3 Å². The van der Waals surface area contributed by atoms with Crippen LogP contribution in [-0.2, 0) is 6.42 Å². The van der Waals surface area contributed by atoms with Crippen molar-refractivity contribution in [2.24, 2.45) is 5.92 Å². The molecule has 1 saturated carbocycles. The number of aliphatic hydroxyl groups is 1. The van der Waals surface area contributed by atoms with Gasteiger partial charge < -0.3 is 10.4 Å². The van der Waals surface area contributed by atoms with Gasteiger partial charge in [-0.15, -0.1) is 11.3 Å². The zero-order valence-electron chi connectivity index (χ0n) is 12.4. The van der Waals surface area contributed by atoms with Crippen molar-refractivity contribution in [3.8, 4) is 0 Å². The fourth-order valence-corrected chi connectivity index (χ4v) is 3.72. The smallest absolute Gasteiger partial charge is 0.0772 e. The van der Waals surface area contributed by atoms with Crippen LogP contribution in [0.25, 0.3) is 0 Å². The monoisotopic (exact) mass is 281 g/mol. The first-order valence-electron chi connectivity index (χ1n) is 7.57. The van der Waals surface area contributed by atoms with E-state index in [1.807, 2.05) is 11.3 Å². The van der Waals surface area contributed by atoms with Crippen molar-refractivity contribution in [2.45, 2.75) is 64.5 Å². The van der Waals surface area contributed by atoms with Crippen molar-refractivity contribution >= 4 is 11.3 Å². The molecular formula is C16H27NOS. The number of hydrogen-bond acceptors (Lipinski definition) is 3.